The van der Waals surface area contributed by atoms with Crippen molar-refractivity contribution in [3.63, 3.8) is 0 Å². The summed E-state index contributed by atoms with van der Waals surface area (Å²) in [6.45, 7) is 5.77. The molecule has 0 saturated heterocycles. The van der Waals surface area contributed by atoms with Crippen LogP contribution in [0.1, 0.15) is 40.1 Å². The maximum atomic E-state index is 12.6. The van der Waals surface area contributed by atoms with Gasteiger partial charge in [0.05, 0.1) is 24.7 Å². The van der Waals surface area contributed by atoms with Gasteiger partial charge in [-0.05, 0) is 62.7 Å². The number of aliphatic hydroxyl groups is 1. The van der Waals surface area contributed by atoms with E-state index in [1.807, 2.05) is 13.8 Å². The van der Waals surface area contributed by atoms with Crippen LogP contribution in [-0.4, -0.2) is 56.1 Å². The minimum Gasteiger partial charge on any atom is -0.508 e. The van der Waals surface area contributed by atoms with Crippen molar-refractivity contribution in [3.05, 3.63) is 71.5 Å². The molecule has 1 aromatic heterocycles. The fourth-order valence-corrected chi connectivity index (χ4v) is 3.20. The van der Waals surface area contributed by atoms with E-state index in [-0.39, 0.29) is 36.8 Å². The Morgan fingerprint density at radius 1 is 1.03 bits per heavy atom. The van der Waals surface area contributed by atoms with Crippen molar-refractivity contribution in [2.45, 2.75) is 26.8 Å². The lowest BCUT2D eigenvalue weighted by molar-refractivity contribution is 0.0665. The van der Waals surface area contributed by atoms with Crippen LogP contribution in [0, 0.1) is 6.92 Å². The highest BCUT2D eigenvalue weighted by Gasteiger charge is 2.18. The van der Waals surface area contributed by atoms with Gasteiger partial charge in [-0.2, -0.15) is 0 Å². The Balaban J connectivity index is 1.63. The van der Waals surface area contributed by atoms with Gasteiger partial charge in [0, 0.05) is 29.4 Å². The van der Waals surface area contributed by atoms with Crippen LogP contribution in [0.25, 0.3) is 0 Å². The maximum absolute atomic E-state index is 12.6. The molecular formula is C24H27N5O4. The molecule has 0 radical (unpaired) electrons. The molecule has 1 heterocycles. The summed E-state index contributed by atoms with van der Waals surface area (Å²) < 4.78 is 0. The van der Waals surface area contributed by atoms with Crippen molar-refractivity contribution in [2.75, 3.05) is 23.8 Å². The molecule has 0 unspecified atom stereocenters. The normalized spacial score (nSPS) is 10.7. The van der Waals surface area contributed by atoms with Gasteiger partial charge in [0.15, 0.2) is 0 Å². The molecule has 33 heavy (non-hydrogen) atoms. The van der Waals surface area contributed by atoms with E-state index in [9.17, 15) is 19.8 Å². The third kappa shape index (κ3) is 6.05. The number of rotatable bonds is 8. The number of hydrogen-bond acceptors (Lipinski definition) is 7. The number of aryl methyl sites for hydroxylation is 1. The topological polar surface area (TPSA) is 128 Å². The largest absolute Gasteiger partial charge is 0.508 e. The van der Waals surface area contributed by atoms with Gasteiger partial charge in [0.2, 0.25) is 5.95 Å². The molecule has 0 spiro atoms. The Bertz CT molecular complexity index is 1110. The standard InChI is InChI=1S/C24H27N5O4/c1-15(2)29(10-11-30)23(33)17-5-7-18(8-6-17)28-24-25-13-19(14-26-24)27-22(32)21-12-20(31)9-4-16(21)3/h4-9,12-15,30-31H,10-11H2,1-3H3,(H,27,32)(H,25,26,28). The summed E-state index contributed by atoms with van der Waals surface area (Å²) >= 11 is 0. The fourth-order valence-electron chi connectivity index (χ4n) is 3.20. The molecule has 0 atom stereocenters. The Morgan fingerprint density at radius 2 is 1.70 bits per heavy atom. The average Bonchev–Trinajstić information content (AvgIpc) is 2.80. The molecule has 0 saturated carbocycles. The van der Waals surface area contributed by atoms with Gasteiger partial charge >= 0.3 is 0 Å². The number of anilines is 3. The number of amides is 2. The van der Waals surface area contributed by atoms with Gasteiger partial charge < -0.3 is 25.7 Å². The molecule has 2 aromatic carbocycles. The highest BCUT2D eigenvalue weighted by Crippen LogP contribution is 2.19. The molecule has 172 valence electrons. The van der Waals surface area contributed by atoms with Gasteiger partial charge in [-0.3, -0.25) is 9.59 Å². The van der Waals surface area contributed by atoms with Crippen molar-refractivity contribution in [3.8, 4) is 5.75 Å². The number of aromatic nitrogens is 2. The third-order valence-electron chi connectivity index (χ3n) is 4.99. The van der Waals surface area contributed by atoms with E-state index >= 15 is 0 Å². The van der Waals surface area contributed by atoms with Gasteiger partial charge in [0.25, 0.3) is 11.8 Å². The molecule has 2 amide bonds. The monoisotopic (exact) mass is 449 g/mol. The van der Waals surface area contributed by atoms with E-state index in [1.165, 1.54) is 24.5 Å². The molecule has 0 fully saturated rings. The van der Waals surface area contributed by atoms with E-state index in [1.54, 1.807) is 42.2 Å². The van der Waals surface area contributed by atoms with Crippen LogP contribution in [0.2, 0.25) is 0 Å². The number of benzene rings is 2. The number of aromatic hydroxyl groups is 1. The summed E-state index contributed by atoms with van der Waals surface area (Å²) in [5.74, 6) is -0.183. The minimum absolute atomic E-state index is 0.0135. The van der Waals surface area contributed by atoms with Crippen molar-refractivity contribution >= 4 is 29.1 Å². The fraction of sp³-hybridized carbons (Fsp3) is 0.250. The Kier molecular flexibility index (Phi) is 7.57. The first-order chi connectivity index (χ1) is 15.8. The van der Waals surface area contributed by atoms with Crippen LogP contribution in [0.3, 0.4) is 0 Å². The molecule has 9 heteroatoms. The van der Waals surface area contributed by atoms with E-state index in [0.29, 0.717) is 28.5 Å². The molecule has 4 N–H and O–H groups in total. The van der Waals surface area contributed by atoms with Gasteiger partial charge in [-0.15, -0.1) is 0 Å². The van der Waals surface area contributed by atoms with Crippen molar-refractivity contribution in [1.29, 1.82) is 0 Å². The van der Waals surface area contributed by atoms with Crippen LogP contribution in [0.15, 0.2) is 54.9 Å². The molecule has 0 bridgehead atoms. The first-order valence-electron chi connectivity index (χ1n) is 10.5. The molecule has 0 aliphatic rings. The third-order valence-corrected chi connectivity index (χ3v) is 4.99. The second-order valence-corrected chi connectivity index (χ2v) is 7.77. The summed E-state index contributed by atoms with van der Waals surface area (Å²) in [7, 11) is 0. The molecule has 3 rings (SSSR count). The predicted octanol–water partition coefficient (Wildman–Crippen LogP) is 3.33. The quantitative estimate of drug-likeness (QED) is 0.415. The Morgan fingerprint density at radius 3 is 2.30 bits per heavy atom. The summed E-state index contributed by atoms with van der Waals surface area (Å²) in [6.07, 6.45) is 2.94. The summed E-state index contributed by atoms with van der Waals surface area (Å²) in [5.41, 5.74) is 2.72. The Hall–Kier alpha value is -3.98. The van der Waals surface area contributed by atoms with E-state index in [2.05, 4.69) is 20.6 Å². The molecule has 0 aliphatic heterocycles. The van der Waals surface area contributed by atoms with Gasteiger partial charge in [0.1, 0.15) is 5.75 Å². The lowest BCUT2D eigenvalue weighted by Gasteiger charge is -2.26. The van der Waals surface area contributed by atoms with Gasteiger partial charge in [-0.1, -0.05) is 6.07 Å². The number of nitrogens with zero attached hydrogens (tertiary/aromatic N) is 3. The molecule has 0 aliphatic carbocycles. The maximum Gasteiger partial charge on any atom is 0.256 e. The van der Waals surface area contributed by atoms with Crippen LogP contribution >= 0.6 is 0 Å². The number of phenolic OH excluding ortho intramolecular Hbond substituents is 1. The zero-order valence-corrected chi connectivity index (χ0v) is 18.7. The van der Waals surface area contributed by atoms with Crippen molar-refractivity contribution in [1.82, 2.24) is 14.9 Å². The highest BCUT2D eigenvalue weighted by atomic mass is 16.3. The van der Waals surface area contributed by atoms with Crippen LogP contribution in [-0.2, 0) is 0 Å². The number of aliphatic hydroxyl groups excluding tert-OH is 1. The minimum atomic E-state index is -0.371. The number of carbonyl (C=O) groups is 2. The zero-order valence-electron chi connectivity index (χ0n) is 18.7. The second kappa shape index (κ2) is 10.6. The molecular weight excluding hydrogens is 422 g/mol. The number of nitrogens with one attached hydrogen (secondary N) is 2. The molecule has 9 nitrogen and oxygen atoms in total. The summed E-state index contributed by atoms with van der Waals surface area (Å²) in [4.78, 5) is 35.1. The first kappa shape index (κ1) is 23.7. The lowest BCUT2D eigenvalue weighted by atomic mass is 10.1. The number of carbonyl (C=O) groups excluding carboxylic acids is 2. The lowest BCUT2D eigenvalue weighted by Crippen LogP contribution is -2.38. The predicted molar refractivity (Wildman–Crippen MR) is 126 cm³/mol. The summed E-state index contributed by atoms with van der Waals surface area (Å²) in [5, 5.41) is 24.5. The van der Waals surface area contributed by atoms with Crippen LogP contribution in [0.4, 0.5) is 17.3 Å². The van der Waals surface area contributed by atoms with Crippen molar-refractivity contribution in [2.24, 2.45) is 0 Å². The highest BCUT2D eigenvalue weighted by molar-refractivity contribution is 6.05. The van der Waals surface area contributed by atoms with E-state index < -0.39 is 0 Å². The van der Waals surface area contributed by atoms with Crippen LogP contribution in [0.5, 0.6) is 5.75 Å². The summed E-state index contributed by atoms with van der Waals surface area (Å²) in [6, 6.07) is 11.5. The molecule has 3 aromatic rings. The number of phenols is 1. The van der Waals surface area contributed by atoms with E-state index in [0.717, 1.165) is 5.56 Å². The van der Waals surface area contributed by atoms with Crippen molar-refractivity contribution < 1.29 is 19.8 Å². The smallest absolute Gasteiger partial charge is 0.256 e. The number of hydrogen-bond donors (Lipinski definition) is 4. The SMILES string of the molecule is Cc1ccc(O)cc1C(=O)Nc1cnc(Nc2ccc(C(=O)N(CCO)C(C)C)cc2)nc1. The zero-order chi connectivity index (χ0) is 24.0. The second-order valence-electron chi connectivity index (χ2n) is 7.77. The Labute approximate surface area is 192 Å². The first-order valence-corrected chi connectivity index (χ1v) is 10.5. The van der Waals surface area contributed by atoms with Gasteiger partial charge in [-0.25, -0.2) is 9.97 Å². The van der Waals surface area contributed by atoms with Crippen LogP contribution < -0.4 is 10.6 Å². The average molecular weight is 450 g/mol. The van der Waals surface area contributed by atoms with E-state index in [4.69, 9.17) is 0 Å².